The fourth-order valence-corrected chi connectivity index (χ4v) is 5.42. The van der Waals surface area contributed by atoms with E-state index in [4.69, 9.17) is 4.74 Å². The molecule has 0 bridgehead atoms. The van der Waals surface area contributed by atoms with E-state index in [9.17, 15) is 4.79 Å². The Morgan fingerprint density at radius 2 is 1.90 bits per heavy atom. The van der Waals surface area contributed by atoms with Crippen LogP contribution in [0.25, 0.3) is 0 Å². The number of likely N-dealkylation sites (tertiary alicyclic amines) is 1. The largest absolute Gasteiger partial charge is 0.381 e. The first-order valence-electron chi connectivity index (χ1n) is 10.6. The number of carbonyl (C=O) groups excluding carboxylic acids is 1. The fourth-order valence-electron chi connectivity index (χ4n) is 4.54. The van der Waals surface area contributed by atoms with Gasteiger partial charge in [-0.25, -0.2) is 0 Å². The Bertz CT molecular complexity index is 817. The summed E-state index contributed by atoms with van der Waals surface area (Å²) in [6.45, 7) is 0.826. The monoisotopic (exact) mass is 414 g/mol. The van der Waals surface area contributed by atoms with Gasteiger partial charge in [0.1, 0.15) is 0 Å². The molecule has 156 valence electrons. The summed E-state index contributed by atoms with van der Waals surface area (Å²) in [4.78, 5) is 15.3. The smallest absolute Gasteiger partial charge is 0.226 e. The van der Waals surface area contributed by atoms with Gasteiger partial charge in [-0.3, -0.25) is 4.79 Å². The number of ether oxygens (including phenoxy) is 1. The van der Waals surface area contributed by atoms with Crippen LogP contribution >= 0.6 is 11.8 Å². The van der Waals surface area contributed by atoms with Crippen LogP contribution < -0.4 is 0 Å². The van der Waals surface area contributed by atoms with Crippen LogP contribution in [0.4, 0.5) is 0 Å². The number of carbonyl (C=O) groups is 1. The van der Waals surface area contributed by atoms with Crippen LogP contribution in [0.5, 0.6) is 0 Å². The summed E-state index contributed by atoms with van der Waals surface area (Å²) in [6.07, 6.45) is 6.13. The minimum atomic E-state index is 0.0474. The molecule has 1 amide bonds. The molecule has 0 spiro atoms. The van der Waals surface area contributed by atoms with Crippen molar-refractivity contribution in [1.82, 2.24) is 19.7 Å². The molecule has 2 fully saturated rings. The average molecular weight is 415 g/mol. The average Bonchev–Trinajstić information content (AvgIpc) is 3.39. The topological polar surface area (TPSA) is 60.2 Å². The molecule has 1 aliphatic carbocycles. The van der Waals surface area contributed by atoms with Gasteiger partial charge in [-0.1, -0.05) is 42.1 Å². The van der Waals surface area contributed by atoms with E-state index in [1.54, 1.807) is 18.9 Å². The zero-order valence-corrected chi connectivity index (χ0v) is 18.1. The lowest BCUT2D eigenvalue weighted by Gasteiger charge is -2.32. The van der Waals surface area contributed by atoms with E-state index in [0.717, 1.165) is 61.8 Å². The number of aromatic nitrogens is 3. The summed E-state index contributed by atoms with van der Waals surface area (Å²) in [6, 6.07) is 10.4. The van der Waals surface area contributed by atoms with Crippen LogP contribution in [0.2, 0.25) is 0 Å². The molecule has 2 heterocycles. The summed E-state index contributed by atoms with van der Waals surface area (Å²) in [7, 11) is 3.79. The SMILES string of the molecule is COC1CCC(C(=O)N2CCCC2c2nnc(SCc3ccccc3)n2C)CC1. The molecule has 0 N–H and O–H groups in total. The van der Waals surface area contributed by atoms with Gasteiger partial charge in [0.2, 0.25) is 5.91 Å². The number of benzene rings is 1. The highest BCUT2D eigenvalue weighted by atomic mass is 32.2. The van der Waals surface area contributed by atoms with Gasteiger partial charge >= 0.3 is 0 Å². The minimum Gasteiger partial charge on any atom is -0.381 e. The quantitative estimate of drug-likeness (QED) is 0.669. The van der Waals surface area contributed by atoms with Crippen LogP contribution in [0.1, 0.15) is 56.0 Å². The van der Waals surface area contributed by atoms with Crippen LogP contribution in [0.3, 0.4) is 0 Å². The van der Waals surface area contributed by atoms with Gasteiger partial charge in [0.15, 0.2) is 11.0 Å². The van der Waals surface area contributed by atoms with Gasteiger partial charge in [0.05, 0.1) is 12.1 Å². The Balaban J connectivity index is 1.42. The first-order chi connectivity index (χ1) is 14.2. The number of thioether (sulfide) groups is 1. The lowest BCUT2D eigenvalue weighted by Crippen LogP contribution is -2.38. The predicted molar refractivity (Wildman–Crippen MR) is 113 cm³/mol. The zero-order chi connectivity index (χ0) is 20.2. The van der Waals surface area contributed by atoms with Gasteiger partial charge in [-0.15, -0.1) is 10.2 Å². The Kier molecular flexibility index (Phi) is 6.55. The second-order valence-corrected chi connectivity index (χ2v) is 9.02. The predicted octanol–water partition coefficient (Wildman–Crippen LogP) is 3.98. The molecule has 1 saturated carbocycles. The summed E-state index contributed by atoms with van der Waals surface area (Å²) in [5.41, 5.74) is 1.27. The van der Waals surface area contributed by atoms with Gasteiger partial charge in [-0.05, 0) is 44.1 Å². The maximum Gasteiger partial charge on any atom is 0.226 e. The molecule has 1 saturated heterocycles. The molecule has 2 aromatic rings. The Morgan fingerprint density at radius 3 is 2.62 bits per heavy atom. The maximum atomic E-state index is 13.2. The number of amides is 1. The van der Waals surface area contributed by atoms with E-state index in [1.807, 2.05) is 13.1 Å². The molecule has 1 aromatic carbocycles. The molecule has 1 aromatic heterocycles. The molecule has 1 atom stereocenters. The Hall–Kier alpha value is -1.86. The van der Waals surface area contributed by atoms with Gasteiger partial charge in [-0.2, -0.15) is 0 Å². The highest BCUT2D eigenvalue weighted by Crippen LogP contribution is 2.36. The minimum absolute atomic E-state index is 0.0474. The Morgan fingerprint density at radius 1 is 1.14 bits per heavy atom. The molecule has 0 radical (unpaired) electrons. The van der Waals surface area contributed by atoms with Gasteiger partial charge < -0.3 is 14.2 Å². The molecule has 29 heavy (non-hydrogen) atoms. The van der Waals surface area contributed by atoms with Crippen LogP contribution in [-0.2, 0) is 22.3 Å². The second kappa shape index (κ2) is 9.30. The van der Waals surface area contributed by atoms with Crippen molar-refractivity contribution in [2.45, 2.75) is 61.6 Å². The van der Waals surface area contributed by atoms with E-state index in [2.05, 4.69) is 43.9 Å². The number of hydrogen-bond donors (Lipinski definition) is 0. The van der Waals surface area contributed by atoms with Crippen molar-refractivity contribution in [3.63, 3.8) is 0 Å². The lowest BCUT2D eigenvalue weighted by atomic mass is 9.86. The third kappa shape index (κ3) is 4.51. The summed E-state index contributed by atoms with van der Waals surface area (Å²) in [5, 5.41) is 9.82. The van der Waals surface area contributed by atoms with Gasteiger partial charge in [0, 0.05) is 32.4 Å². The van der Waals surface area contributed by atoms with E-state index in [1.165, 1.54) is 5.56 Å². The van der Waals surface area contributed by atoms with Gasteiger partial charge in [0.25, 0.3) is 0 Å². The van der Waals surface area contributed by atoms with E-state index < -0.39 is 0 Å². The fraction of sp³-hybridized carbons (Fsp3) is 0.591. The summed E-state index contributed by atoms with van der Waals surface area (Å²) >= 11 is 1.69. The third-order valence-corrected chi connectivity index (χ3v) is 7.36. The summed E-state index contributed by atoms with van der Waals surface area (Å²) in [5.74, 6) is 2.20. The van der Waals surface area contributed by atoms with E-state index in [-0.39, 0.29) is 12.0 Å². The molecule has 7 heteroatoms. The first-order valence-corrected chi connectivity index (χ1v) is 11.5. The molecule has 6 nitrogen and oxygen atoms in total. The number of nitrogens with zero attached hydrogens (tertiary/aromatic N) is 4. The van der Waals surface area contributed by atoms with Crippen molar-refractivity contribution in [1.29, 1.82) is 0 Å². The molecule has 2 aliphatic rings. The van der Waals surface area contributed by atoms with Crippen molar-refractivity contribution in [2.24, 2.45) is 13.0 Å². The molecular formula is C22H30N4O2S. The Labute approximate surface area is 177 Å². The number of methoxy groups -OCH3 is 1. The van der Waals surface area contributed by atoms with Crippen molar-refractivity contribution >= 4 is 17.7 Å². The molecular weight excluding hydrogens is 384 g/mol. The molecule has 1 aliphatic heterocycles. The second-order valence-electron chi connectivity index (χ2n) is 8.07. The van der Waals surface area contributed by atoms with E-state index in [0.29, 0.717) is 12.0 Å². The van der Waals surface area contributed by atoms with E-state index >= 15 is 0 Å². The third-order valence-electron chi connectivity index (χ3n) is 6.27. The van der Waals surface area contributed by atoms with Crippen LogP contribution in [0.15, 0.2) is 35.5 Å². The maximum absolute atomic E-state index is 13.2. The standard InChI is InChI=1S/C22H30N4O2S/c1-25-20(23-24-22(25)29-15-16-7-4-3-5-8-16)19-9-6-14-26(19)21(27)17-10-12-18(28-2)13-11-17/h3-5,7-8,17-19H,6,9-15H2,1-2H3. The molecule has 4 rings (SSSR count). The lowest BCUT2D eigenvalue weighted by molar-refractivity contribution is -0.138. The van der Waals surface area contributed by atoms with Crippen molar-refractivity contribution < 1.29 is 9.53 Å². The van der Waals surface area contributed by atoms with Crippen LogP contribution in [0, 0.1) is 5.92 Å². The van der Waals surface area contributed by atoms with Crippen molar-refractivity contribution in [3.8, 4) is 0 Å². The summed E-state index contributed by atoms with van der Waals surface area (Å²) < 4.78 is 7.53. The van der Waals surface area contributed by atoms with Crippen molar-refractivity contribution in [2.75, 3.05) is 13.7 Å². The normalized spacial score (nSPS) is 24.8. The highest BCUT2D eigenvalue weighted by Gasteiger charge is 2.37. The molecule has 1 unspecified atom stereocenters. The zero-order valence-electron chi connectivity index (χ0n) is 17.3. The highest BCUT2D eigenvalue weighted by molar-refractivity contribution is 7.98. The van der Waals surface area contributed by atoms with Crippen molar-refractivity contribution in [3.05, 3.63) is 41.7 Å². The number of rotatable bonds is 6. The van der Waals surface area contributed by atoms with Crippen LogP contribution in [-0.4, -0.2) is 45.3 Å². The number of hydrogen-bond acceptors (Lipinski definition) is 5. The first kappa shape index (κ1) is 20.4.